The van der Waals surface area contributed by atoms with Gasteiger partial charge >= 0.3 is 0 Å². The topological polar surface area (TPSA) is 98.8 Å². The fraction of sp³-hybridized carbons (Fsp3) is 0.400. The van der Waals surface area contributed by atoms with Crippen LogP contribution in [0.2, 0.25) is 0 Å². The van der Waals surface area contributed by atoms with Crippen molar-refractivity contribution in [3.8, 4) is 11.4 Å². The molecule has 0 atom stereocenters. The van der Waals surface area contributed by atoms with E-state index in [1.807, 2.05) is 24.3 Å². The summed E-state index contributed by atoms with van der Waals surface area (Å²) >= 11 is 0. The number of aromatic nitrogens is 4. The maximum atomic E-state index is 12.6. The third-order valence-corrected chi connectivity index (χ3v) is 4.88. The van der Waals surface area contributed by atoms with Crippen molar-refractivity contribution < 1.29 is 18.8 Å². The Labute approximate surface area is 174 Å². The molecule has 10 nitrogen and oxygen atoms in total. The van der Waals surface area contributed by atoms with E-state index in [2.05, 4.69) is 20.1 Å². The molecule has 0 bridgehead atoms. The third-order valence-electron chi connectivity index (χ3n) is 4.88. The Morgan fingerprint density at radius 1 is 1.23 bits per heavy atom. The second-order valence-electron chi connectivity index (χ2n) is 6.98. The molecule has 1 fully saturated rings. The van der Waals surface area contributed by atoms with E-state index in [1.165, 1.54) is 6.33 Å². The first-order chi connectivity index (χ1) is 14.7. The summed E-state index contributed by atoms with van der Waals surface area (Å²) in [6.07, 6.45) is 3.11. The van der Waals surface area contributed by atoms with Crippen molar-refractivity contribution in [3.05, 3.63) is 54.4 Å². The Bertz CT molecular complexity index is 935. The number of hydrogen-bond donors (Lipinski definition) is 0. The molecule has 1 saturated heterocycles. The van der Waals surface area contributed by atoms with Crippen LogP contribution in [0.15, 0.2) is 47.5 Å². The lowest BCUT2D eigenvalue weighted by Crippen LogP contribution is -2.42. The summed E-state index contributed by atoms with van der Waals surface area (Å²) in [5, 5.41) is 7.97. The van der Waals surface area contributed by atoms with Crippen molar-refractivity contribution in [1.29, 1.82) is 0 Å². The molecule has 0 saturated carbocycles. The number of hydrogen-bond acceptors (Lipinski definition) is 8. The predicted molar refractivity (Wildman–Crippen MR) is 106 cm³/mol. The standard InChI is InChI=1S/C20H24N6O4/c1-24(6-7-25-8-10-28-11-9-25)20(27)19-12-18(30-23-19)13-29-17-4-2-16(3-5-17)26-15-21-14-22-26/h2-5,12,14-15H,6-11,13H2,1H3. The zero-order valence-corrected chi connectivity index (χ0v) is 16.8. The van der Waals surface area contributed by atoms with Crippen LogP contribution in [0.25, 0.3) is 5.69 Å². The van der Waals surface area contributed by atoms with E-state index in [0.29, 0.717) is 18.1 Å². The monoisotopic (exact) mass is 412 g/mol. The summed E-state index contributed by atoms with van der Waals surface area (Å²) in [6, 6.07) is 9.04. The summed E-state index contributed by atoms with van der Waals surface area (Å²) in [7, 11) is 1.77. The number of amides is 1. The normalized spacial score (nSPS) is 14.6. The van der Waals surface area contributed by atoms with E-state index < -0.39 is 0 Å². The molecule has 1 amide bonds. The highest BCUT2D eigenvalue weighted by Gasteiger charge is 2.18. The molecule has 30 heavy (non-hydrogen) atoms. The van der Waals surface area contributed by atoms with Crippen molar-refractivity contribution in [1.82, 2.24) is 29.7 Å². The lowest BCUT2D eigenvalue weighted by atomic mass is 10.3. The maximum Gasteiger partial charge on any atom is 0.275 e. The first kappa shape index (κ1) is 20.0. The van der Waals surface area contributed by atoms with E-state index in [0.717, 1.165) is 38.5 Å². The zero-order valence-electron chi connectivity index (χ0n) is 16.8. The molecule has 4 rings (SSSR count). The Hall–Kier alpha value is -3.24. The summed E-state index contributed by atoms with van der Waals surface area (Å²) in [5.41, 5.74) is 1.16. The lowest BCUT2D eigenvalue weighted by Gasteiger charge is -2.28. The van der Waals surface area contributed by atoms with Crippen molar-refractivity contribution in [2.24, 2.45) is 0 Å². The molecule has 1 aliphatic rings. The number of likely N-dealkylation sites (N-methyl/N-ethyl adjacent to an activating group) is 1. The van der Waals surface area contributed by atoms with Crippen LogP contribution in [0.5, 0.6) is 5.75 Å². The fourth-order valence-corrected chi connectivity index (χ4v) is 3.09. The molecule has 0 spiro atoms. The van der Waals surface area contributed by atoms with Crippen molar-refractivity contribution in [3.63, 3.8) is 0 Å². The molecule has 0 unspecified atom stereocenters. The van der Waals surface area contributed by atoms with Crippen LogP contribution in [0.1, 0.15) is 16.2 Å². The van der Waals surface area contributed by atoms with E-state index in [-0.39, 0.29) is 18.2 Å². The molecule has 0 aliphatic carbocycles. The summed E-state index contributed by atoms with van der Waals surface area (Å²) in [4.78, 5) is 20.4. The van der Waals surface area contributed by atoms with Gasteiger partial charge in [0.05, 0.1) is 18.9 Å². The van der Waals surface area contributed by atoms with E-state index in [9.17, 15) is 4.79 Å². The minimum absolute atomic E-state index is 0.171. The van der Waals surface area contributed by atoms with E-state index in [4.69, 9.17) is 14.0 Å². The Kier molecular flexibility index (Phi) is 6.35. The molecule has 1 aromatic carbocycles. The van der Waals surface area contributed by atoms with E-state index in [1.54, 1.807) is 29.0 Å². The number of nitrogens with zero attached hydrogens (tertiary/aromatic N) is 6. The van der Waals surface area contributed by atoms with Gasteiger partial charge in [0.2, 0.25) is 0 Å². The van der Waals surface area contributed by atoms with Crippen molar-refractivity contribution in [2.75, 3.05) is 46.4 Å². The smallest absolute Gasteiger partial charge is 0.275 e. The van der Waals surface area contributed by atoms with Crippen LogP contribution in [-0.4, -0.2) is 82.1 Å². The van der Waals surface area contributed by atoms with Crippen molar-refractivity contribution in [2.45, 2.75) is 6.61 Å². The highest BCUT2D eigenvalue weighted by atomic mass is 16.5. The Balaban J connectivity index is 1.26. The number of carbonyl (C=O) groups is 1. The minimum Gasteiger partial charge on any atom is -0.486 e. The van der Waals surface area contributed by atoms with Crippen molar-refractivity contribution >= 4 is 5.91 Å². The van der Waals surface area contributed by atoms with Crippen LogP contribution >= 0.6 is 0 Å². The molecule has 3 aromatic rings. The number of morpholine rings is 1. The molecular formula is C20H24N6O4. The van der Waals surface area contributed by atoms with Crippen LogP contribution < -0.4 is 4.74 Å². The number of benzene rings is 1. The molecule has 0 radical (unpaired) electrons. The summed E-state index contributed by atoms with van der Waals surface area (Å²) < 4.78 is 18.0. The average Bonchev–Trinajstić information content (AvgIpc) is 3.49. The van der Waals surface area contributed by atoms with Gasteiger partial charge in [-0.3, -0.25) is 9.69 Å². The Morgan fingerprint density at radius 2 is 2.03 bits per heavy atom. The number of ether oxygens (including phenoxy) is 2. The van der Waals surface area contributed by atoms with Crippen LogP contribution in [-0.2, 0) is 11.3 Å². The Morgan fingerprint density at radius 3 is 2.77 bits per heavy atom. The van der Waals surface area contributed by atoms with Crippen LogP contribution in [0.3, 0.4) is 0 Å². The average molecular weight is 412 g/mol. The van der Waals surface area contributed by atoms with Gasteiger partial charge in [0.15, 0.2) is 11.5 Å². The van der Waals surface area contributed by atoms with Gasteiger partial charge in [-0.1, -0.05) is 5.16 Å². The van der Waals surface area contributed by atoms with Gasteiger partial charge in [-0.15, -0.1) is 0 Å². The second kappa shape index (κ2) is 9.51. The molecule has 0 N–H and O–H groups in total. The number of rotatable bonds is 8. The van der Waals surface area contributed by atoms with E-state index >= 15 is 0 Å². The van der Waals surface area contributed by atoms with Crippen LogP contribution in [0, 0.1) is 0 Å². The molecular weight excluding hydrogens is 388 g/mol. The highest BCUT2D eigenvalue weighted by molar-refractivity contribution is 5.92. The van der Waals surface area contributed by atoms with Gasteiger partial charge in [0.1, 0.15) is 25.0 Å². The summed E-state index contributed by atoms with van der Waals surface area (Å²) in [5.74, 6) is 0.987. The summed E-state index contributed by atoms with van der Waals surface area (Å²) in [6.45, 7) is 4.89. The second-order valence-corrected chi connectivity index (χ2v) is 6.98. The lowest BCUT2D eigenvalue weighted by molar-refractivity contribution is 0.0337. The van der Waals surface area contributed by atoms with Gasteiger partial charge in [-0.2, -0.15) is 5.10 Å². The molecule has 2 aromatic heterocycles. The molecule has 158 valence electrons. The fourth-order valence-electron chi connectivity index (χ4n) is 3.09. The molecule has 10 heteroatoms. The minimum atomic E-state index is -0.171. The molecule has 1 aliphatic heterocycles. The predicted octanol–water partition coefficient (Wildman–Crippen LogP) is 1.24. The zero-order chi connectivity index (χ0) is 20.8. The number of carbonyl (C=O) groups excluding carboxylic acids is 1. The highest BCUT2D eigenvalue weighted by Crippen LogP contribution is 2.16. The van der Waals surface area contributed by atoms with Crippen LogP contribution in [0.4, 0.5) is 0 Å². The van der Waals surface area contributed by atoms with Gasteiger partial charge in [0, 0.05) is 39.3 Å². The third kappa shape index (κ3) is 5.02. The molecule has 3 heterocycles. The SMILES string of the molecule is CN(CCN1CCOCC1)C(=O)c1cc(COc2ccc(-n3cncn3)cc2)on1. The van der Waals surface area contributed by atoms with Gasteiger partial charge in [0.25, 0.3) is 5.91 Å². The first-order valence-corrected chi connectivity index (χ1v) is 9.78. The first-order valence-electron chi connectivity index (χ1n) is 9.78. The quantitative estimate of drug-likeness (QED) is 0.545. The largest absolute Gasteiger partial charge is 0.486 e. The van der Waals surface area contributed by atoms with Gasteiger partial charge in [-0.25, -0.2) is 9.67 Å². The maximum absolute atomic E-state index is 12.6. The van der Waals surface area contributed by atoms with Gasteiger partial charge < -0.3 is 18.9 Å². The van der Waals surface area contributed by atoms with Gasteiger partial charge in [-0.05, 0) is 24.3 Å².